The predicted octanol–water partition coefficient (Wildman–Crippen LogP) is 3.98. The lowest BCUT2D eigenvalue weighted by molar-refractivity contribution is 0.0694. The lowest BCUT2D eigenvalue weighted by Gasteiger charge is -2.27. The summed E-state index contributed by atoms with van der Waals surface area (Å²) in [7, 11) is 0. The lowest BCUT2D eigenvalue weighted by atomic mass is 9.98. The number of hydrogen-bond donors (Lipinski definition) is 2. The number of aryl methyl sites for hydroxylation is 1. The minimum atomic E-state index is -1.42. The molecule has 0 bridgehead atoms. The molecule has 3 heterocycles. The number of aromatic nitrogens is 2. The maximum atomic E-state index is 15.5. The summed E-state index contributed by atoms with van der Waals surface area (Å²) in [5.41, 5.74) is -0.0218. The largest absolute Gasteiger partial charge is 0.477 e. The summed E-state index contributed by atoms with van der Waals surface area (Å²) in [4.78, 5) is 30.8. The molecule has 1 saturated heterocycles. The molecule has 4 atom stereocenters. The highest BCUT2D eigenvalue weighted by molar-refractivity contribution is 5.95. The highest BCUT2D eigenvalue weighted by Gasteiger charge is 2.41. The zero-order valence-electron chi connectivity index (χ0n) is 19.8. The molecule has 2 aliphatic rings. The second-order valence-electron chi connectivity index (χ2n) is 9.80. The van der Waals surface area contributed by atoms with Gasteiger partial charge in [-0.25, -0.2) is 18.6 Å². The van der Waals surface area contributed by atoms with Crippen LogP contribution >= 0.6 is 0 Å². The highest BCUT2D eigenvalue weighted by atomic mass is 19.1. The standard InChI is InChI=1S/C25H28F2N4O4/c1-12(2)29-20(24-28-5-7-35-24)14-4-6-30(10-14)22-13(3)21-15(8-18(22)27)23(32)16(25(33)34)11-31(21)19-9-17(19)26/h5,7-8,11-12,14,17,19-20,29H,4,6,9-10H2,1-3H3,(H,33,34). The van der Waals surface area contributed by atoms with E-state index >= 15 is 4.39 Å². The van der Waals surface area contributed by atoms with Crippen molar-refractivity contribution in [2.24, 2.45) is 5.92 Å². The van der Waals surface area contributed by atoms with E-state index in [1.165, 1.54) is 17.0 Å². The Labute approximate surface area is 200 Å². The molecule has 4 unspecified atom stereocenters. The van der Waals surface area contributed by atoms with E-state index in [4.69, 9.17) is 4.42 Å². The number of oxazole rings is 1. The number of nitrogens with one attached hydrogen (secondary N) is 1. The van der Waals surface area contributed by atoms with E-state index in [-0.39, 0.29) is 29.8 Å². The van der Waals surface area contributed by atoms with Crippen LogP contribution < -0.4 is 15.6 Å². The van der Waals surface area contributed by atoms with E-state index in [0.717, 1.165) is 12.5 Å². The molecule has 35 heavy (non-hydrogen) atoms. The van der Waals surface area contributed by atoms with Crippen molar-refractivity contribution in [3.8, 4) is 0 Å². The van der Waals surface area contributed by atoms with Crippen molar-refractivity contribution in [2.75, 3.05) is 18.0 Å². The normalized spacial score (nSPS) is 22.8. The van der Waals surface area contributed by atoms with E-state index in [0.29, 0.717) is 35.7 Å². The van der Waals surface area contributed by atoms with E-state index in [9.17, 15) is 19.1 Å². The minimum Gasteiger partial charge on any atom is -0.477 e. The van der Waals surface area contributed by atoms with E-state index in [1.807, 2.05) is 18.7 Å². The number of rotatable bonds is 7. The van der Waals surface area contributed by atoms with Gasteiger partial charge in [-0.05, 0) is 25.0 Å². The molecule has 1 saturated carbocycles. The predicted molar refractivity (Wildman–Crippen MR) is 126 cm³/mol. The molecular weight excluding hydrogens is 458 g/mol. The maximum Gasteiger partial charge on any atom is 0.341 e. The molecule has 10 heteroatoms. The Morgan fingerprint density at radius 3 is 2.71 bits per heavy atom. The summed E-state index contributed by atoms with van der Waals surface area (Å²) in [6.45, 7) is 6.89. The van der Waals surface area contributed by atoms with Crippen LogP contribution in [0.5, 0.6) is 0 Å². The van der Waals surface area contributed by atoms with Gasteiger partial charge in [-0.1, -0.05) is 13.8 Å². The Morgan fingerprint density at radius 1 is 1.37 bits per heavy atom. The molecule has 0 amide bonds. The van der Waals surface area contributed by atoms with Gasteiger partial charge in [-0.3, -0.25) is 4.79 Å². The Hall–Kier alpha value is -3.27. The maximum absolute atomic E-state index is 15.5. The van der Waals surface area contributed by atoms with Crippen molar-refractivity contribution in [3.05, 3.63) is 57.8 Å². The number of hydrogen-bond acceptors (Lipinski definition) is 6. The summed E-state index contributed by atoms with van der Waals surface area (Å²) in [6, 6.07) is 0.576. The molecule has 3 aromatic rings. The molecule has 0 spiro atoms. The van der Waals surface area contributed by atoms with Crippen molar-refractivity contribution in [3.63, 3.8) is 0 Å². The SMILES string of the molecule is Cc1c(N2CCC(C(NC(C)C)c3ncco3)C2)c(F)cc2c(=O)c(C(=O)O)cn(C3CC3F)c12. The second-order valence-corrected chi connectivity index (χ2v) is 9.80. The van der Waals surface area contributed by atoms with E-state index in [2.05, 4.69) is 10.3 Å². The molecule has 1 aliphatic heterocycles. The van der Waals surface area contributed by atoms with Crippen molar-refractivity contribution >= 4 is 22.6 Å². The second kappa shape index (κ2) is 8.75. The fourth-order valence-electron chi connectivity index (χ4n) is 5.33. The van der Waals surface area contributed by atoms with Crippen molar-refractivity contribution < 1.29 is 23.1 Å². The number of carboxylic acid groups (broad SMARTS) is 1. The molecule has 186 valence electrons. The van der Waals surface area contributed by atoms with Gasteiger partial charge in [0, 0.05) is 43.1 Å². The van der Waals surface area contributed by atoms with Crippen LogP contribution in [0.1, 0.15) is 60.6 Å². The third-order valence-corrected chi connectivity index (χ3v) is 6.99. The van der Waals surface area contributed by atoms with E-state index < -0.39 is 35.0 Å². The Kier molecular flexibility index (Phi) is 5.86. The van der Waals surface area contributed by atoms with Gasteiger partial charge >= 0.3 is 5.97 Å². The summed E-state index contributed by atoms with van der Waals surface area (Å²) < 4.78 is 36.7. The summed E-state index contributed by atoms with van der Waals surface area (Å²) in [6.07, 6.45) is 4.20. The lowest BCUT2D eigenvalue weighted by Crippen LogP contribution is -2.35. The van der Waals surface area contributed by atoms with Gasteiger partial charge in [0.2, 0.25) is 11.3 Å². The van der Waals surface area contributed by atoms with Gasteiger partial charge < -0.3 is 24.3 Å². The molecule has 0 radical (unpaired) electrons. The molecule has 1 aliphatic carbocycles. The van der Waals surface area contributed by atoms with Crippen LogP contribution in [0.4, 0.5) is 14.5 Å². The number of nitrogens with zero attached hydrogens (tertiary/aromatic N) is 3. The number of alkyl halides is 1. The molecule has 2 aromatic heterocycles. The third-order valence-electron chi connectivity index (χ3n) is 6.99. The fraction of sp³-hybridized carbons (Fsp3) is 0.480. The first-order valence-corrected chi connectivity index (χ1v) is 11.8. The van der Waals surface area contributed by atoms with Gasteiger partial charge in [-0.2, -0.15) is 0 Å². The van der Waals surface area contributed by atoms with Crippen LogP contribution in [0.3, 0.4) is 0 Å². The van der Waals surface area contributed by atoms with Crippen LogP contribution in [0.15, 0.2) is 33.9 Å². The monoisotopic (exact) mass is 486 g/mol. The molecular formula is C25H28F2N4O4. The van der Waals surface area contributed by atoms with Crippen LogP contribution in [0, 0.1) is 18.7 Å². The van der Waals surface area contributed by atoms with Gasteiger partial charge in [0.05, 0.1) is 29.5 Å². The third kappa shape index (κ3) is 4.09. The number of aromatic carboxylic acids is 1. The number of carbonyl (C=O) groups is 1. The molecule has 5 rings (SSSR count). The number of fused-ring (bicyclic) bond motifs is 1. The fourth-order valence-corrected chi connectivity index (χ4v) is 5.33. The zero-order valence-corrected chi connectivity index (χ0v) is 19.8. The number of halogens is 2. The number of benzene rings is 1. The first-order chi connectivity index (χ1) is 16.7. The average molecular weight is 487 g/mol. The van der Waals surface area contributed by atoms with Crippen LogP contribution in [0.2, 0.25) is 0 Å². The zero-order chi connectivity index (χ0) is 25.0. The molecule has 8 nitrogen and oxygen atoms in total. The van der Waals surface area contributed by atoms with Crippen LogP contribution in [0.25, 0.3) is 10.9 Å². The van der Waals surface area contributed by atoms with Crippen molar-refractivity contribution in [1.82, 2.24) is 14.9 Å². The smallest absolute Gasteiger partial charge is 0.341 e. The van der Waals surface area contributed by atoms with Gasteiger partial charge in [-0.15, -0.1) is 0 Å². The Morgan fingerprint density at radius 2 is 2.11 bits per heavy atom. The minimum absolute atomic E-state index is 0.0439. The van der Waals surface area contributed by atoms with Gasteiger partial charge in [0.1, 0.15) is 23.8 Å². The Bertz CT molecular complexity index is 1340. The molecule has 2 fully saturated rings. The van der Waals surface area contributed by atoms with Crippen LogP contribution in [-0.4, -0.2) is 45.9 Å². The average Bonchev–Trinajstić information content (AvgIpc) is 3.20. The summed E-state index contributed by atoms with van der Waals surface area (Å²) in [5, 5.41) is 12.9. The summed E-state index contributed by atoms with van der Waals surface area (Å²) in [5.74, 6) is -1.33. The quantitative estimate of drug-likeness (QED) is 0.521. The molecule has 1 aromatic carbocycles. The first kappa shape index (κ1) is 23.5. The topological polar surface area (TPSA) is 101 Å². The van der Waals surface area contributed by atoms with Crippen molar-refractivity contribution in [1.29, 1.82) is 0 Å². The number of anilines is 1. The number of pyridine rings is 1. The Balaban J connectivity index is 1.57. The van der Waals surface area contributed by atoms with Crippen LogP contribution in [-0.2, 0) is 0 Å². The van der Waals surface area contributed by atoms with Crippen molar-refractivity contribution in [2.45, 2.75) is 57.9 Å². The molecule has 2 N–H and O–H groups in total. The highest BCUT2D eigenvalue weighted by Crippen LogP contribution is 2.43. The van der Waals surface area contributed by atoms with E-state index in [1.54, 1.807) is 13.1 Å². The van der Waals surface area contributed by atoms with Gasteiger partial charge in [0.15, 0.2) is 0 Å². The summed E-state index contributed by atoms with van der Waals surface area (Å²) >= 11 is 0. The van der Waals surface area contributed by atoms with Gasteiger partial charge in [0.25, 0.3) is 0 Å². The number of carboxylic acids is 1. The first-order valence-electron chi connectivity index (χ1n) is 11.8.